The Morgan fingerprint density at radius 3 is 2.39 bits per heavy atom. The van der Waals surface area contributed by atoms with Crippen LogP contribution >= 0.6 is 11.6 Å². The predicted octanol–water partition coefficient (Wildman–Crippen LogP) is 4.06. The van der Waals surface area contributed by atoms with E-state index in [0.717, 1.165) is 16.7 Å². The number of hydrogen-bond acceptors (Lipinski definition) is 3. The van der Waals surface area contributed by atoms with E-state index in [-0.39, 0.29) is 6.61 Å². The number of Topliss-reactive ketones (excluding diaryl/α,β-unsaturated/α-hetero) is 1. The quantitative estimate of drug-likeness (QED) is 0.281. The van der Waals surface area contributed by atoms with Gasteiger partial charge in [-0.1, -0.05) is 47.5 Å². The van der Waals surface area contributed by atoms with Gasteiger partial charge in [-0.15, -0.1) is 0 Å². The van der Waals surface area contributed by atoms with Gasteiger partial charge in [0, 0.05) is 22.1 Å². The van der Waals surface area contributed by atoms with Gasteiger partial charge in [-0.05, 0) is 37.5 Å². The molecule has 4 heteroatoms. The number of carbonyl (C=O) groups excluding carboxylic acids is 2. The van der Waals surface area contributed by atoms with E-state index in [0.29, 0.717) is 10.6 Å². The Hall–Kier alpha value is -2.57. The van der Waals surface area contributed by atoms with Crippen molar-refractivity contribution in [3.05, 3.63) is 58.6 Å². The average Bonchev–Trinajstić information content (AvgIpc) is 2.54. The largest absolute Gasteiger partial charge is 0.456 e. The van der Waals surface area contributed by atoms with Crippen LogP contribution in [0.5, 0.6) is 0 Å². The fourth-order valence-corrected chi connectivity index (χ4v) is 2.26. The summed E-state index contributed by atoms with van der Waals surface area (Å²) < 4.78 is 4.65. The lowest BCUT2D eigenvalue weighted by Crippen LogP contribution is -2.02. The summed E-state index contributed by atoms with van der Waals surface area (Å²) in [6, 6.07) is 12.9. The first-order valence-corrected chi connectivity index (χ1v) is 7.48. The molecule has 0 aliphatic carbocycles. The van der Waals surface area contributed by atoms with E-state index < -0.39 is 11.8 Å². The molecule has 0 saturated heterocycles. The smallest absolute Gasteiger partial charge is 0.384 e. The number of halogens is 1. The molecule has 0 aliphatic rings. The summed E-state index contributed by atoms with van der Waals surface area (Å²) in [4.78, 5) is 23.1. The molecule has 0 heterocycles. The number of hydrogen-bond donors (Lipinski definition) is 0. The second-order valence-electron chi connectivity index (χ2n) is 4.86. The van der Waals surface area contributed by atoms with Crippen molar-refractivity contribution in [2.24, 2.45) is 0 Å². The topological polar surface area (TPSA) is 43.4 Å². The third kappa shape index (κ3) is 4.45. The first kappa shape index (κ1) is 16.8. The van der Waals surface area contributed by atoms with Crippen molar-refractivity contribution in [2.75, 3.05) is 6.61 Å². The first-order valence-electron chi connectivity index (χ1n) is 7.11. The lowest BCUT2D eigenvalue weighted by Gasteiger charge is -2.06. The fraction of sp³-hybridized carbons (Fsp3) is 0.158. The third-order valence-electron chi connectivity index (χ3n) is 3.15. The molecule has 116 valence electrons. The van der Waals surface area contributed by atoms with Crippen molar-refractivity contribution in [2.45, 2.75) is 13.8 Å². The second kappa shape index (κ2) is 7.62. The highest BCUT2D eigenvalue weighted by molar-refractivity contribution is 6.34. The van der Waals surface area contributed by atoms with Crippen LogP contribution in [0.2, 0.25) is 5.02 Å². The number of aryl methyl sites for hydroxylation is 1. The molecule has 0 N–H and O–H groups in total. The summed E-state index contributed by atoms with van der Waals surface area (Å²) in [6.07, 6.45) is 0. The van der Waals surface area contributed by atoms with Crippen LogP contribution in [-0.4, -0.2) is 18.4 Å². The van der Waals surface area contributed by atoms with Gasteiger partial charge in [0.15, 0.2) is 0 Å². The van der Waals surface area contributed by atoms with Gasteiger partial charge in [-0.3, -0.25) is 4.79 Å². The normalized spacial score (nSPS) is 9.70. The minimum atomic E-state index is -0.719. The fourth-order valence-electron chi connectivity index (χ4n) is 1.97. The lowest BCUT2D eigenvalue weighted by molar-refractivity contribution is -0.136. The van der Waals surface area contributed by atoms with Crippen LogP contribution in [0.4, 0.5) is 0 Å². The maximum Gasteiger partial charge on any atom is 0.384 e. The van der Waals surface area contributed by atoms with Gasteiger partial charge in [-0.2, -0.15) is 0 Å². The Morgan fingerprint density at radius 2 is 1.78 bits per heavy atom. The molecule has 0 fully saturated rings. The standard InChI is InChI=1S/C19H15ClO3/c1-3-23-19(22)11-10-18(21)15-8-9-16(17(20)12-15)14-6-4-13(2)5-7-14/h4-9,12H,3H2,1-2H3. The SMILES string of the molecule is CCOC(=O)C#CC(=O)c1ccc(-c2ccc(C)cc2)c(Cl)c1. The van der Waals surface area contributed by atoms with Crippen LogP contribution in [-0.2, 0) is 9.53 Å². The number of rotatable bonds is 3. The van der Waals surface area contributed by atoms with E-state index in [1.54, 1.807) is 25.1 Å². The Bertz CT molecular complexity index is 796. The molecule has 23 heavy (non-hydrogen) atoms. The summed E-state index contributed by atoms with van der Waals surface area (Å²) in [5.74, 6) is 3.21. The summed E-state index contributed by atoms with van der Waals surface area (Å²) >= 11 is 6.27. The maximum absolute atomic E-state index is 12.0. The van der Waals surface area contributed by atoms with E-state index in [1.165, 1.54) is 0 Å². The second-order valence-corrected chi connectivity index (χ2v) is 5.27. The Labute approximate surface area is 140 Å². The molecule has 0 aliphatic heterocycles. The van der Waals surface area contributed by atoms with Gasteiger partial charge in [0.05, 0.1) is 6.61 Å². The average molecular weight is 327 g/mol. The number of esters is 1. The molecule has 2 rings (SSSR count). The molecule has 0 unspecified atom stereocenters. The highest BCUT2D eigenvalue weighted by Crippen LogP contribution is 2.29. The number of ether oxygens (including phenoxy) is 1. The number of benzene rings is 2. The molecular weight excluding hydrogens is 312 g/mol. The van der Waals surface area contributed by atoms with Crippen LogP contribution in [0, 0.1) is 18.8 Å². The van der Waals surface area contributed by atoms with Crippen LogP contribution in [0.15, 0.2) is 42.5 Å². The monoisotopic (exact) mass is 326 g/mol. The molecule has 0 amide bonds. The third-order valence-corrected chi connectivity index (χ3v) is 3.46. The number of ketones is 1. The van der Waals surface area contributed by atoms with Crippen molar-refractivity contribution in [1.82, 2.24) is 0 Å². The minimum absolute atomic E-state index is 0.221. The molecule has 0 atom stereocenters. The lowest BCUT2D eigenvalue weighted by atomic mass is 10.0. The number of carbonyl (C=O) groups is 2. The van der Waals surface area contributed by atoms with E-state index in [4.69, 9.17) is 11.6 Å². The summed E-state index contributed by atoms with van der Waals surface area (Å²) in [5, 5.41) is 0.456. The molecule has 3 nitrogen and oxygen atoms in total. The molecule has 0 aromatic heterocycles. The zero-order valence-corrected chi connectivity index (χ0v) is 13.6. The molecule has 2 aromatic rings. The molecule has 0 saturated carbocycles. The Morgan fingerprint density at radius 1 is 1.09 bits per heavy atom. The van der Waals surface area contributed by atoms with Crippen LogP contribution in [0.1, 0.15) is 22.8 Å². The van der Waals surface area contributed by atoms with Gasteiger partial charge >= 0.3 is 5.97 Å². The van der Waals surface area contributed by atoms with Gasteiger partial charge in [0.25, 0.3) is 0 Å². The summed E-state index contributed by atoms with van der Waals surface area (Å²) in [5.41, 5.74) is 3.30. The van der Waals surface area contributed by atoms with E-state index in [9.17, 15) is 9.59 Å². The zero-order chi connectivity index (χ0) is 16.8. The van der Waals surface area contributed by atoms with Crippen molar-refractivity contribution in [3.63, 3.8) is 0 Å². The van der Waals surface area contributed by atoms with Crippen LogP contribution in [0.3, 0.4) is 0 Å². The van der Waals surface area contributed by atoms with E-state index in [2.05, 4.69) is 16.6 Å². The van der Waals surface area contributed by atoms with Crippen molar-refractivity contribution >= 4 is 23.4 Å². The van der Waals surface area contributed by atoms with Gasteiger partial charge in [0.2, 0.25) is 5.78 Å². The van der Waals surface area contributed by atoms with Crippen molar-refractivity contribution in [1.29, 1.82) is 0 Å². The van der Waals surface area contributed by atoms with Crippen LogP contribution in [0.25, 0.3) is 11.1 Å². The molecule has 0 bridgehead atoms. The molecule has 0 radical (unpaired) electrons. The summed E-state index contributed by atoms with van der Waals surface area (Å²) in [6.45, 7) is 3.90. The predicted molar refractivity (Wildman–Crippen MR) is 90.4 cm³/mol. The maximum atomic E-state index is 12.0. The van der Waals surface area contributed by atoms with Gasteiger partial charge in [0.1, 0.15) is 0 Å². The minimum Gasteiger partial charge on any atom is -0.456 e. The van der Waals surface area contributed by atoms with Gasteiger partial charge < -0.3 is 4.74 Å². The zero-order valence-electron chi connectivity index (χ0n) is 12.9. The first-order chi connectivity index (χ1) is 11.0. The van der Waals surface area contributed by atoms with Crippen LogP contribution < -0.4 is 0 Å². The highest BCUT2D eigenvalue weighted by atomic mass is 35.5. The Kier molecular flexibility index (Phi) is 5.56. The highest BCUT2D eigenvalue weighted by Gasteiger charge is 2.09. The summed E-state index contributed by atoms with van der Waals surface area (Å²) in [7, 11) is 0. The van der Waals surface area contributed by atoms with Gasteiger partial charge in [-0.25, -0.2) is 4.79 Å². The molecule has 2 aromatic carbocycles. The van der Waals surface area contributed by atoms with E-state index >= 15 is 0 Å². The Balaban J connectivity index is 2.23. The molecule has 0 spiro atoms. The van der Waals surface area contributed by atoms with Crippen molar-refractivity contribution in [3.8, 4) is 23.0 Å². The van der Waals surface area contributed by atoms with Crippen molar-refractivity contribution < 1.29 is 14.3 Å². The molecular formula is C19H15ClO3. The van der Waals surface area contributed by atoms with E-state index in [1.807, 2.05) is 31.2 Å².